The summed E-state index contributed by atoms with van der Waals surface area (Å²) in [6, 6.07) is 8.58. The van der Waals surface area contributed by atoms with Gasteiger partial charge in [-0.1, -0.05) is 11.8 Å². The zero-order chi connectivity index (χ0) is 20.1. The van der Waals surface area contributed by atoms with Crippen LogP contribution < -0.4 is 16.4 Å². The Bertz CT molecular complexity index is 881. The minimum absolute atomic E-state index is 0.164. The largest absolute Gasteiger partial charge is 0.366 e. The van der Waals surface area contributed by atoms with E-state index in [0.29, 0.717) is 22.0 Å². The lowest BCUT2D eigenvalue weighted by molar-refractivity contribution is -0.115. The molecule has 0 bridgehead atoms. The van der Waals surface area contributed by atoms with Crippen LogP contribution in [0.4, 0.5) is 11.4 Å². The molecule has 0 aliphatic carbocycles. The number of primary amides is 1. The van der Waals surface area contributed by atoms with Crippen molar-refractivity contribution in [1.29, 1.82) is 0 Å². The van der Waals surface area contributed by atoms with Crippen molar-refractivity contribution in [2.45, 2.75) is 38.0 Å². The molecule has 2 aromatic rings. The van der Waals surface area contributed by atoms with Gasteiger partial charge in [0.25, 0.3) is 5.91 Å². The van der Waals surface area contributed by atoms with Gasteiger partial charge in [0, 0.05) is 24.0 Å². The monoisotopic (exact) mass is 386 g/mol. The third-order valence-corrected chi connectivity index (χ3v) is 4.77. The number of amides is 3. The van der Waals surface area contributed by atoms with Crippen molar-refractivity contribution in [2.75, 3.05) is 10.6 Å². The van der Waals surface area contributed by atoms with E-state index in [0.717, 1.165) is 11.3 Å². The SMILES string of the molecule is CC(=O)Nc1ccc(NC(=O)C(C)Sc2nc(C)cc(C)c2C(N)=O)cc1. The van der Waals surface area contributed by atoms with Crippen LogP contribution in [0.25, 0.3) is 0 Å². The Hall–Kier alpha value is -2.87. The van der Waals surface area contributed by atoms with Gasteiger partial charge in [-0.2, -0.15) is 0 Å². The zero-order valence-corrected chi connectivity index (χ0v) is 16.4. The molecular weight excluding hydrogens is 364 g/mol. The number of hydrogen-bond donors (Lipinski definition) is 3. The van der Waals surface area contributed by atoms with Gasteiger partial charge >= 0.3 is 0 Å². The van der Waals surface area contributed by atoms with Gasteiger partial charge in [0.05, 0.1) is 10.8 Å². The maximum absolute atomic E-state index is 12.5. The van der Waals surface area contributed by atoms with Crippen LogP contribution in [0.2, 0.25) is 0 Å². The van der Waals surface area contributed by atoms with Crippen molar-refractivity contribution in [3.05, 3.63) is 47.2 Å². The predicted molar refractivity (Wildman–Crippen MR) is 107 cm³/mol. The smallest absolute Gasteiger partial charge is 0.251 e. The van der Waals surface area contributed by atoms with E-state index in [2.05, 4.69) is 15.6 Å². The number of nitrogens with one attached hydrogen (secondary N) is 2. The number of pyridine rings is 1. The molecule has 1 heterocycles. The highest BCUT2D eigenvalue weighted by molar-refractivity contribution is 8.00. The van der Waals surface area contributed by atoms with E-state index < -0.39 is 11.2 Å². The number of carbonyl (C=O) groups is 3. The molecule has 0 aliphatic rings. The summed E-state index contributed by atoms with van der Waals surface area (Å²) in [4.78, 5) is 39.6. The topological polar surface area (TPSA) is 114 Å². The fraction of sp³-hybridized carbons (Fsp3) is 0.263. The van der Waals surface area contributed by atoms with Crippen LogP contribution in [-0.2, 0) is 9.59 Å². The Morgan fingerprint density at radius 1 is 1.07 bits per heavy atom. The number of nitrogens with zero attached hydrogens (tertiary/aromatic N) is 1. The van der Waals surface area contributed by atoms with Crippen molar-refractivity contribution in [2.24, 2.45) is 5.73 Å². The standard InChI is InChI=1S/C19H22N4O3S/c1-10-9-11(2)21-19(16(10)17(20)25)27-12(3)18(26)23-15-7-5-14(6-8-15)22-13(4)24/h5-9,12H,1-4H3,(H2,20,25)(H,22,24)(H,23,26). The van der Waals surface area contributed by atoms with E-state index in [1.54, 1.807) is 44.2 Å². The van der Waals surface area contributed by atoms with Gasteiger partial charge in [-0.3, -0.25) is 14.4 Å². The molecule has 0 aliphatic heterocycles. The molecule has 1 atom stereocenters. The van der Waals surface area contributed by atoms with Crippen LogP contribution in [0.15, 0.2) is 35.4 Å². The number of thioether (sulfide) groups is 1. The van der Waals surface area contributed by atoms with E-state index in [-0.39, 0.29) is 11.8 Å². The highest BCUT2D eigenvalue weighted by Crippen LogP contribution is 2.28. The summed E-state index contributed by atoms with van der Waals surface area (Å²) in [7, 11) is 0. The van der Waals surface area contributed by atoms with E-state index >= 15 is 0 Å². The van der Waals surface area contributed by atoms with Crippen LogP contribution in [0.3, 0.4) is 0 Å². The molecule has 27 heavy (non-hydrogen) atoms. The lowest BCUT2D eigenvalue weighted by Gasteiger charge is -2.15. The molecule has 7 nitrogen and oxygen atoms in total. The summed E-state index contributed by atoms with van der Waals surface area (Å²) < 4.78 is 0. The highest BCUT2D eigenvalue weighted by Gasteiger charge is 2.21. The Balaban J connectivity index is 2.10. The molecule has 0 spiro atoms. The predicted octanol–water partition coefficient (Wildman–Crippen LogP) is 2.88. The zero-order valence-electron chi connectivity index (χ0n) is 15.6. The molecule has 1 aromatic carbocycles. The lowest BCUT2D eigenvalue weighted by Crippen LogP contribution is -2.23. The number of rotatable bonds is 6. The van der Waals surface area contributed by atoms with E-state index in [1.807, 2.05) is 6.92 Å². The first-order chi connectivity index (χ1) is 12.7. The Morgan fingerprint density at radius 2 is 1.63 bits per heavy atom. The van der Waals surface area contributed by atoms with Crippen molar-refractivity contribution in [3.63, 3.8) is 0 Å². The molecule has 142 valence electrons. The van der Waals surface area contributed by atoms with Gasteiger partial charge in [-0.05, 0) is 56.7 Å². The first-order valence-electron chi connectivity index (χ1n) is 8.30. The van der Waals surface area contributed by atoms with E-state index in [9.17, 15) is 14.4 Å². The van der Waals surface area contributed by atoms with Crippen LogP contribution in [0, 0.1) is 13.8 Å². The fourth-order valence-corrected chi connectivity index (χ4v) is 3.57. The Kier molecular flexibility index (Phi) is 6.57. The molecule has 8 heteroatoms. The molecule has 0 saturated carbocycles. The van der Waals surface area contributed by atoms with E-state index in [4.69, 9.17) is 5.73 Å². The molecule has 1 aromatic heterocycles. The number of carbonyl (C=O) groups excluding carboxylic acids is 3. The second-order valence-electron chi connectivity index (χ2n) is 6.13. The molecule has 0 fully saturated rings. The van der Waals surface area contributed by atoms with Crippen molar-refractivity contribution in [1.82, 2.24) is 4.98 Å². The second kappa shape index (κ2) is 8.68. The third-order valence-electron chi connectivity index (χ3n) is 3.69. The van der Waals surface area contributed by atoms with Gasteiger partial charge < -0.3 is 16.4 Å². The van der Waals surface area contributed by atoms with Crippen molar-refractivity contribution < 1.29 is 14.4 Å². The van der Waals surface area contributed by atoms with Crippen LogP contribution in [0.1, 0.15) is 35.5 Å². The fourth-order valence-electron chi connectivity index (χ4n) is 2.49. The minimum Gasteiger partial charge on any atom is -0.366 e. The second-order valence-corrected chi connectivity index (χ2v) is 7.46. The Morgan fingerprint density at radius 3 is 2.15 bits per heavy atom. The average Bonchev–Trinajstić information content (AvgIpc) is 2.55. The highest BCUT2D eigenvalue weighted by atomic mass is 32.2. The van der Waals surface area contributed by atoms with Crippen molar-refractivity contribution in [3.8, 4) is 0 Å². The quantitative estimate of drug-likeness (QED) is 0.661. The van der Waals surface area contributed by atoms with Gasteiger partial charge in [0.1, 0.15) is 5.03 Å². The van der Waals surface area contributed by atoms with Gasteiger partial charge in [0.15, 0.2) is 0 Å². The maximum Gasteiger partial charge on any atom is 0.251 e. The summed E-state index contributed by atoms with van der Waals surface area (Å²) >= 11 is 1.18. The van der Waals surface area contributed by atoms with Crippen LogP contribution in [-0.4, -0.2) is 28.0 Å². The number of hydrogen-bond acceptors (Lipinski definition) is 5. The maximum atomic E-state index is 12.5. The summed E-state index contributed by atoms with van der Waals surface area (Å²) in [5.74, 6) is -0.963. The molecule has 2 rings (SSSR count). The summed E-state index contributed by atoms with van der Waals surface area (Å²) in [6.07, 6.45) is 0. The minimum atomic E-state index is -0.566. The van der Waals surface area contributed by atoms with Crippen molar-refractivity contribution >= 4 is 40.9 Å². The number of anilines is 2. The average molecular weight is 386 g/mol. The summed E-state index contributed by atoms with van der Waals surface area (Å²) in [6.45, 7) is 6.77. The molecule has 0 radical (unpaired) electrons. The van der Waals surface area contributed by atoms with Gasteiger partial charge in [-0.25, -0.2) is 4.98 Å². The van der Waals surface area contributed by atoms with Crippen LogP contribution in [0.5, 0.6) is 0 Å². The van der Waals surface area contributed by atoms with Crippen LogP contribution >= 0.6 is 11.8 Å². The summed E-state index contributed by atoms with van der Waals surface area (Å²) in [5, 5.41) is 5.42. The first kappa shape index (κ1) is 20.4. The molecule has 0 saturated heterocycles. The summed E-state index contributed by atoms with van der Waals surface area (Å²) in [5.41, 5.74) is 8.54. The number of benzene rings is 1. The third kappa shape index (κ3) is 5.55. The number of nitrogens with two attached hydrogens (primary N) is 1. The lowest BCUT2D eigenvalue weighted by atomic mass is 10.1. The van der Waals surface area contributed by atoms with E-state index in [1.165, 1.54) is 18.7 Å². The normalized spacial score (nSPS) is 11.6. The van der Waals surface area contributed by atoms with Gasteiger partial charge in [0.2, 0.25) is 11.8 Å². The Labute approximate surface area is 162 Å². The molecule has 4 N–H and O–H groups in total. The first-order valence-corrected chi connectivity index (χ1v) is 9.18. The molecule has 1 unspecified atom stereocenters. The number of aromatic nitrogens is 1. The molecule has 3 amide bonds. The van der Waals surface area contributed by atoms with Gasteiger partial charge in [-0.15, -0.1) is 0 Å². The molecular formula is C19H22N4O3S. The number of aryl methyl sites for hydroxylation is 2.